The lowest BCUT2D eigenvalue weighted by Gasteiger charge is -2.43. The third-order valence-electron chi connectivity index (χ3n) is 5.04. The van der Waals surface area contributed by atoms with Crippen molar-refractivity contribution in [2.75, 3.05) is 19.8 Å². The normalized spacial score (nSPS) is 20.8. The summed E-state index contributed by atoms with van der Waals surface area (Å²) in [5, 5.41) is 10.9. The number of nitrogens with two attached hydrogens (primary N) is 1. The molecule has 1 aromatic rings. The number of morpholine rings is 1. The Morgan fingerprint density at radius 2 is 1.91 bits per heavy atom. The molecule has 8 nitrogen and oxygen atoms in total. The molecule has 4 atom stereocenters. The summed E-state index contributed by atoms with van der Waals surface area (Å²) in [7, 11) is 0. The summed E-state index contributed by atoms with van der Waals surface area (Å²) in [5.41, 5.74) is 5.63. The molecule has 0 spiro atoms. The molecular weight excluding hydrogens is 438 g/mol. The molecule has 0 radical (unpaired) electrons. The van der Waals surface area contributed by atoms with Gasteiger partial charge in [0.1, 0.15) is 29.9 Å². The first-order chi connectivity index (χ1) is 15.4. The lowest BCUT2D eigenvalue weighted by Crippen LogP contribution is -2.62. The first-order valence-electron chi connectivity index (χ1n) is 11.0. The lowest BCUT2D eigenvalue weighted by atomic mass is 9.95. The average Bonchev–Trinajstić information content (AvgIpc) is 2.69. The number of esters is 1. The van der Waals surface area contributed by atoms with Crippen molar-refractivity contribution in [3.8, 4) is 0 Å². The summed E-state index contributed by atoms with van der Waals surface area (Å²) < 4.78 is 43.4. The zero-order valence-electron chi connectivity index (χ0n) is 19.6. The van der Waals surface area contributed by atoms with Crippen LogP contribution in [0.25, 0.3) is 0 Å². The summed E-state index contributed by atoms with van der Waals surface area (Å²) >= 11 is 0. The van der Waals surface area contributed by atoms with Gasteiger partial charge < -0.3 is 25.1 Å². The Morgan fingerprint density at radius 3 is 2.48 bits per heavy atom. The van der Waals surface area contributed by atoms with Crippen molar-refractivity contribution in [1.82, 2.24) is 4.90 Å². The van der Waals surface area contributed by atoms with Crippen LogP contribution in [0.2, 0.25) is 0 Å². The van der Waals surface area contributed by atoms with Crippen molar-refractivity contribution in [3.05, 3.63) is 35.4 Å². The number of halogens is 2. The summed E-state index contributed by atoms with van der Waals surface area (Å²) in [4.78, 5) is 25.9. The lowest BCUT2D eigenvalue weighted by molar-refractivity contribution is -0.155. The van der Waals surface area contributed by atoms with Crippen molar-refractivity contribution in [3.63, 3.8) is 0 Å². The summed E-state index contributed by atoms with van der Waals surface area (Å²) in [6, 6.07) is 1.22. The molecule has 4 unspecified atom stereocenters. The van der Waals surface area contributed by atoms with Crippen LogP contribution in [0, 0.1) is 11.6 Å². The van der Waals surface area contributed by atoms with Crippen molar-refractivity contribution in [2.45, 2.75) is 76.9 Å². The molecule has 0 aliphatic carbocycles. The minimum absolute atomic E-state index is 0.0113. The van der Waals surface area contributed by atoms with Crippen LogP contribution < -0.4 is 5.73 Å². The van der Waals surface area contributed by atoms with Crippen molar-refractivity contribution in [2.24, 2.45) is 5.73 Å². The molecule has 0 saturated carbocycles. The van der Waals surface area contributed by atoms with E-state index in [0.717, 1.165) is 18.2 Å². The molecule has 1 heterocycles. The fraction of sp³-hybridized carbons (Fsp3) is 0.652. The van der Waals surface area contributed by atoms with Crippen molar-refractivity contribution in [1.29, 1.82) is 0 Å². The molecule has 33 heavy (non-hydrogen) atoms. The van der Waals surface area contributed by atoms with Gasteiger partial charge in [-0.1, -0.05) is 6.92 Å². The van der Waals surface area contributed by atoms with Crippen LogP contribution in [0.1, 0.15) is 46.1 Å². The van der Waals surface area contributed by atoms with E-state index in [0.29, 0.717) is 6.42 Å². The number of benzene rings is 1. The maximum absolute atomic E-state index is 13.5. The van der Waals surface area contributed by atoms with Gasteiger partial charge in [-0.05, 0) is 51.3 Å². The van der Waals surface area contributed by atoms with Crippen LogP contribution in [-0.4, -0.2) is 71.7 Å². The maximum Gasteiger partial charge on any atom is 0.410 e. The van der Waals surface area contributed by atoms with E-state index in [2.05, 4.69) is 0 Å². The Balaban J connectivity index is 2.12. The van der Waals surface area contributed by atoms with E-state index in [1.165, 1.54) is 4.90 Å². The van der Waals surface area contributed by atoms with Crippen LogP contribution in [0.3, 0.4) is 0 Å². The second kappa shape index (κ2) is 11.7. The number of rotatable bonds is 8. The molecule has 1 aliphatic rings. The molecule has 0 aromatic heterocycles. The summed E-state index contributed by atoms with van der Waals surface area (Å²) in [5.74, 6) is -1.86. The number of hydrogen-bond acceptors (Lipinski definition) is 7. The zero-order chi connectivity index (χ0) is 24.8. The predicted octanol–water partition coefficient (Wildman–Crippen LogP) is 2.54. The maximum atomic E-state index is 13.5. The zero-order valence-corrected chi connectivity index (χ0v) is 19.6. The van der Waals surface area contributed by atoms with E-state index in [-0.39, 0.29) is 44.1 Å². The Bertz CT molecular complexity index is 796. The van der Waals surface area contributed by atoms with E-state index >= 15 is 0 Å². The first kappa shape index (κ1) is 26.9. The molecule has 0 bridgehead atoms. The van der Waals surface area contributed by atoms with Crippen LogP contribution in [0.15, 0.2) is 18.2 Å². The third-order valence-corrected chi connectivity index (χ3v) is 5.04. The van der Waals surface area contributed by atoms with Crippen LogP contribution >= 0.6 is 0 Å². The highest BCUT2D eigenvalue weighted by Gasteiger charge is 2.41. The molecule has 2 rings (SSSR count). The van der Waals surface area contributed by atoms with Gasteiger partial charge in [0, 0.05) is 18.5 Å². The number of carbonyl (C=O) groups excluding carboxylic acids is 2. The Labute approximate surface area is 193 Å². The fourth-order valence-corrected chi connectivity index (χ4v) is 3.52. The van der Waals surface area contributed by atoms with Gasteiger partial charge in [-0.25, -0.2) is 13.6 Å². The SMILES string of the molecule is CCCC(=O)OCC1CN(C(=O)OC(C)(C)C)C(C(O)C(N)Cc2cc(F)cc(F)c2)CO1. The molecule has 186 valence electrons. The molecule has 1 fully saturated rings. The highest BCUT2D eigenvalue weighted by atomic mass is 19.1. The monoisotopic (exact) mass is 472 g/mol. The molecule has 1 aromatic carbocycles. The number of carbonyl (C=O) groups is 2. The topological polar surface area (TPSA) is 111 Å². The largest absolute Gasteiger partial charge is 0.463 e. The van der Waals surface area contributed by atoms with Gasteiger partial charge in [0.15, 0.2) is 0 Å². The molecule has 3 N–H and O–H groups in total. The van der Waals surface area contributed by atoms with Gasteiger partial charge >= 0.3 is 12.1 Å². The van der Waals surface area contributed by atoms with E-state index in [1.807, 2.05) is 6.92 Å². The third kappa shape index (κ3) is 8.53. The highest BCUT2D eigenvalue weighted by Crippen LogP contribution is 2.22. The quantitative estimate of drug-likeness (QED) is 0.560. The molecule has 10 heteroatoms. The minimum Gasteiger partial charge on any atom is -0.463 e. The van der Waals surface area contributed by atoms with E-state index in [9.17, 15) is 23.5 Å². The van der Waals surface area contributed by atoms with Gasteiger partial charge in [-0.15, -0.1) is 0 Å². The smallest absolute Gasteiger partial charge is 0.410 e. The first-order valence-corrected chi connectivity index (χ1v) is 11.0. The number of amides is 1. The van der Waals surface area contributed by atoms with Crippen LogP contribution in [0.5, 0.6) is 0 Å². The van der Waals surface area contributed by atoms with Gasteiger partial charge in [0.25, 0.3) is 0 Å². The van der Waals surface area contributed by atoms with Gasteiger partial charge in [0.05, 0.1) is 25.3 Å². The van der Waals surface area contributed by atoms with Crippen molar-refractivity contribution >= 4 is 12.1 Å². The van der Waals surface area contributed by atoms with E-state index < -0.39 is 47.6 Å². The van der Waals surface area contributed by atoms with E-state index in [4.69, 9.17) is 19.9 Å². The highest BCUT2D eigenvalue weighted by molar-refractivity contribution is 5.69. The Hall–Kier alpha value is -2.30. The number of hydrogen-bond donors (Lipinski definition) is 2. The Kier molecular flexibility index (Phi) is 9.57. The average molecular weight is 473 g/mol. The summed E-state index contributed by atoms with van der Waals surface area (Å²) in [6.45, 7) is 6.88. The molecule has 1 saturated heterocycles. The number of ether oxygens (including phenoxy) is 3. The van der Waals surface area contributed by atoms with Gasteiger partial charge in [0.2, 0.25) is 0 Å². The number of nitrogens with zero attached hydrogens (tertiary/aromatic N) is 1. The summed E-state index contributed by atoms with van der Waals surface area (Å²) in [6.07, 6.45) is -1.65. The molecular formula is C23H34F2N2O6. The molecule has 1 amide bonds. The van der Waals surface area contributed by atoms with Gasteiger partial charge in [-0.2, -0.15) is 0 Å². The predicted molar refractivity (Wildman–Crippen MR) is 116 cm³/mol. The van der Waals surface area contributed by atoms with Gasteiger partial charge in [-0.3, -0.25) is 9.69 Å². The Morgan fingerprint density at radius 1 is 1.27 bits per heavy atom. The second-order valence-electron chi connectivity index (χ2n) is 9.22. The van der Waals surface area contributed by atoms with Crippen molar-refractivity contribution < 1.29 is 37.7 Å². The number of aliphatic hydroxyl groups is 1. The number of aliphatic hydroxyl groups excluding tert-OH is 1. The fourth-order valence-electron chi connectivity index (χ4n) is 3.52. The van der Waals surface area contributed by atoms with Crippen LogP contribution in [0.4, 0.5) is 13.6 Å². The second-order valence-corrected chi connectivity index (χ2v) is 9.22. The molecule has 1 aliphatic heterocycles. The standard InChI is InChI=1S/C23H34F2N2O6/c1-5-6-20(28)32-12-17-11-27(22(30)33-23(2,3)4)19(13-31-17)21(29)18(26)9-14-7-15(24)10-16(25)8-14/h7-8,10,17-19,21,29H,5-6,9,11-13,26H2,1-4H3. The van der Waals surface area contributed by atoms with E-state index in [1.54, 1.807) is 20.8 Å². The minimum atomic E-state index is -1.27. The van der Waals surface area contributed by atoms with Crippen LogP contribution in [-0.2, 0) is 25.4 Å².